The fraction of sp³-hybridized carbons (Fsp3) is 0.385. The number of carbonyl (C=O) groups excluding carboxylic acids is 2. The lowest BCUT2D eigenvalue weighted by Gasteiger charge is -2.13. The third-order valence-corrected chi connectivity index (χ3v) is 3.07. The van der Waals surface area contributed by atoms with E-state index in [1.165, 1.54) is 0 Å². The molecular weight excluding hydrogens is 309 g/mol. The molecule has 21 heavy (non-hydrogen) atoms. The number of rotatable bonds is 3. The number of halogens is 4. The van der Waals surface area contributed by atoms with E-state index in [-0.39, 0.29) is 16.8 Å². The summed E-state index contributed by atoms with van der Waals surface area (Å²) >= 11 is 5.71. The van der Waals surface area contributed by atoms with E-state index in [0.29, 0.717) is 12.5 Å². The Balaban J connectivity index is 2.87. The molecule has 0 saturated heterocycles. The maximum Gasteiger partial charge on any atom is 0.416 e. The molecule has 1 aromatic rings. The van der Waals surface area contributed by atoms with E-state index in [4.69, 9.17) is 11.6 Å². The smallest absolute Gasteiger partial charge is 0.345 e. The number of hydrogen-bond donors (Lipinski definition) is 2. The van der Waals surface area contributed by atoms with Gasteiger partial charge in [-0.25, -0.2) is 0 Å². The number of nitrogens with one attached hydrogen (secondary N) is 2. The Kier molecular flexibility index (Phi) is 5.60. The van der Waals surface area contributed by atoms with Gasteiger partial charge in [-0.3, -0.25) is 9.59 Å². The van der Waals surface area contributed by atoms with Crippen LogP contribution in [0.2, 0.25) is 5.02 Å². The minimum absolute atomic E-state index is 0.0901. The van der Waals surface area contributed by atoms with Crippen LogP contribution in [0.4, 0.5) is 18.9 Å². The summed E-state index contributed by atoms with van der Waals surface area (Å²) in [5.41, 5.74) is -1.24. The van der Waals surface area contributed by atoms with Crippen LogP contribution in [0.5, 0.6) is 0 Å². The van der Waals surface area contributed by atoms with E-state index in [1.807, 2.05) is 6.92 Å². The van der Waals surface area contributed by atoms with Crippen molar-refractivity contribution in [3.8, 4) is 0 Å². The first-order valence-corrected chi connectivity index (χ1v) is 6.51. The number of hydrogen-bond acceptors (Lipinski definition) is 2. The van der Waals surface area contributed by atoms with Crippen LogP contribution >= 0.6 is 11.6 Å². The van der Waals surface area contributed by atoms with Gasteiger partial charge in [-0.05, 0) is 31.5 Å². The van der Waals surface area contributed by atoms with E-state index in [1.54, 1.807) is 6.92 Å². The first kappa shape index (κ1) is 17.3. The molecule has 0 aliphatic rings. The second-order valence-electron chi connectivity index (χ2n) is 4.43. The summed E-state index contributed by atoms with van der Waals surface area (Å²) < 4.78 is 37.7. The Morgan fingerprint density at radius 3 is 2.43 bits per heavy atom. The second-order valence-corrected chi connectivity index (χ2v) is 4.84. The van der Waals surface area contributed by atoms with Crippen molar-refractivity contribution in [1.29, 1.82) is 0 Å². The summed E-state index contributed by atoms with van der Waals surface area (Å²) in [6, 6.07) is 2.25. The summed E-state index contributed by atoms with van der Waals surface area (Å²) in [7, 11) is 0. The Morgan fingerprint density at radius 1 is 1.29 bits per heavy atom. The molecule has 116 valence electrons. The van der Waals surface area contributed by atoms with Gasteiger partial charge in [0.2, 0.25) is 0 Å². The number of benzene rings is 1. The summed E-state index contributed by atoms with van der Waals surface area (Å²) in [6.07, 6.45) is -3.95. The standard InChI is InChI=1S/C13H14ClF3N2O2/c1-3-7(2)18-11(20)12(21)19-10-6-8(13(15,16)17)4-5-9(10)14/h4-7H,3H2,1-2H3,(H,18,20)(H,19,21)/t7-/m1/s1. The van der Waals surface area contributed by atoms with Gasteiger partial charge >= 0.3 is 18.0 Å². The van der Waals surface area contributed by atoms with Gasteiger partial charge in [-0.15, -0.1) is 0 Å². The zero-order valence-corrected chi connectivity index (χ0v) is 12.1. The van der Waals surface area contributed by atoms with Crippen molar-refractivity contribution in [2.45, 2.75) is 32.5 Å². The van der Waals surface area contributed by atoms with Gasteiger partial charge in [0.25, 0.3) is 0 Å². The zero-order valence-electron chi connectivity index (χ0n) is 11.3. The fourth-order valence-electron chi connectivity index (χ4n) is 1.37. The first-order chi connectivity index (χ1) is 9.65. The molecule has 0 heterocycles. The minimum Gasteiger partial charge on any atom is -0.345 e. The van der Waals surface area contributed by atoms with E-state index in [2.05, 4.69) is 10.6 Å². The molecule has 0 spiro atoms. The van der Waals surface area contributed by atoms with Gasteiger partial charge in [0, 0.05) is 6.04 Å². The van der Waals surface area contributed by atoms with E-state index in [0.717, 1.165) is 12.1 Å². The predicted molar refractivity (Wildman–Crippen MR) is 73.0 cm³/mol. The molecule has 2 N–H and O–H groups in total. The van der Waals surface area contributed by atoms with E-state index < -0.39 is 23.6 Å². The number of alkyl halides is 3. The van der Waals surface area contributed by atoms with Crippen LogP contribution < -0.4 is 10.6 Å². The summed E-state index contributed by atoms with van der Waals surface area (Å²) in [5.74, 6) is -2.01. The lowest BCUT2D eigenvalue weighted by atomic mass is 10.2. The molecule has 0 bridgehead atoms. The van der Waals surface area contributed by atoms with Crippen LogP contribution in [0, 0.1) is 0 Å². The van der Waals surface area contributed by atoms with Gasteiger partial charge in [0.15, 0.2) is 0 Å². The molecule has 1 atom stereocenters. The highest BCUT2D eigenvalue weighted by molar-refractivity contribution is 6.41. The van der Waals surface area contributed by atoms with Crippen molar-refractivity contribution in [1.82, 2.24) is 5.32 Å². The largest absolute Gasteiger partial charge is 0.416 e. The Labute approximate surface area is 124 Å². The van der Waals surface area contributed by atoms with Crippen molar-refractivity contribution < 1.29 is 22.8 Å². The van der Waals surface area contributed by atoms with Crippen molar-refractivity contribution in [2.75, 3.05) is 5.32 Å². The van der Waals surface area contributed by atoms with Crippen molar-refractivity contribution in [3.05, 3.63) is 28.8 Å². The Hall–Kier alpha value is -1.76. The first-order valence-electron chi connectivity index (χ1n) is 6.13. The van der Waals surface area contributed by atoms with Gasteiger partial charge in [0.05, 0.1) is 16.3 Å². The minimum atomic E-state index is -4.57. The third-order valence-electron chi connectivity index (χ3n) is 2.74. The van der Waals surface area contributed by atoms with Gasteiger partial charge in [-0.2, -0.15) is 13.2 Å². The van der Waals surface area contributed by atoms with Crippen LogP contribution in [0.3, 0.4) is 0 Å². The zero-order chi connectivity index (χ0) is 16.2. The third kappa shape index (κ3) is 4.93. The SMILES string of the molecule is CC[C@@H](C)NC(=O)C(=O)Nc1cc(C(F)(F)F)ccc1Cl. The quantitative estimate of drug-likeness (QED) is 0.840. The molecule has 2 amide bonds. The second kappa shape index (κ2) is 6.80. The molecule has 0 aliphatic carbocycles. The lowest BCUT2D eigenvalue weighted by molar-refractivity contribution is -0.137. The average molecular weight is 323 g/mol. The lowest BCUT2D eigenvalue weighted by Crippen LogP contribution is -2.40. The monoisotopic (exact) mass is 322 g/mol. The maximum absolute atomic E-state index is 12.6. The number of carbonyl (C=O) groups is 2. The van der Waals surface area contributed by atoms with Gasteiger partial charge in [-0.1, -0.05) is 18.5 Å². The van der Waals surface area contributed by atoms with Crippen molar-refractivity contribution in [3.63, 3.8) is 0 Å². The average Bonchev–Trinajstić information content (AvgIpc) is 2.39. The van der Waals surface area contributed by atoms with Crippen molar-refractivity contribution in [2.24, 2.45) is 0 Å². The fourth-order valence-corrected chi connectivity index (χ4v) is 1.53. The molecule has 4 nitrogen and oxygen atoms in total. The molecular formula is C13H14ClF3N2O2. The Morgan fingerprint density at radius 2 is 1.90 bits per heavy atom. The molecule has 0 fully saturated rings. The van der Waals surface area contributed by atoms with Crippen LogP contribution in [0.25, 0.3) is 0 Å². The highest BCUT2D eigenvalue weighted by Crippen LogP contribution is 2.33. The number of amides is 2. The van der Waals surface area contributed by atoms with Gasteiger partial charge in [0.1, 0.15) is 0 Å². The summed E-state index contributed by atoms with van der Waals surface area (Å²) in [4.78, 5) is 23.1. The molecule has 0 saturated carbocycles. The van der Waals surface area contributed by atoms with Crippen LogP contribution in [0.15, 0.2) is 18.2 Å². The Bertz CT molecular complexity index is 547. The number of anilines is 1. The normalized spacial score (nSPS) is 12.7. The molecule has 1 aromatic carbocycles. The summed E-state index contributed by atoms with van der Waals surface area (Å²) in [6.45, 7) is 3.51. The van der Waals surface area contributed by atoms with E-state index >= 15 is 0 Å². The predicted octanol–water partition coefficient (Wildman–Crippen LogP) is 3.21. The molecule has 1 rings (SSSR count). The summed E-state index contributed by atoms with van der Waals surface area (Å²) in [5, 5.41) is 4.38. The highest BCUT2D eigenvalue weighted by Gasteiger charge is 2.31. The van der Waals surface area contributed by atoms with Crippen LogP contribution in [0.1, 0.15) is 25.8 Å². The molecule has 0 aromatic heterocycles. The molecule has 0 radical (unpaired) electrons. The maximum atomic E-state index is 12.6. The topological polar surface area (TPSA) is 58.2 Å². The molecule has 0 unspecified atom stereocenters. The van der Waals surface area contributed by atoms with Crippen LogP contribution in [-0.2, 0) is 15.8 Å². The van der Waals surface area contributed by atoms with Gasteiger partial charge < -0.3 is 10.6 Å². The van der Waals surface area contributed by atoms with E-state index in [9.17, 15) is 22.8 Å². The van der Waals surface area contributed by atoms with Crippen LogP contribution in [-0.4, -0.2) is 17.9 Å². The van der Waals surface area contributed by atoms with Crippen molar-refractivity contribution >= 4 is 29.1 Å². The molecule has 0 aliphatic heterocycles. The highest BCUT2D eigenvalue weighted by atomic mass is 35.5. The molecule has 8 heteroatoms.